The molecule has 1 N–H and O–H groups in total. The van der Waals surface area contributed by atoms with Crippen LogP contribution in [0.15, 0.2) is 36.0 Å². The SMILES string of the molecule is CNc1cncc([C@@H]2CCCN2C(=O)/C=C/c2cccs2)n1. The number of hydrogen-bond acceptors (Lipinski definition) is 5. The molecule has 2 aromatic heterocycles. The van der Waals surface area contributed by atoms with E-state index in [2.05, 4.69) is 15.3 Å². The average Bonchev–Trinajstić information content (AvgIpc) is 3.24. The first-order chi connectivity index (χ1) is 10.8. The molecule has 0 saturated carbocycles. The summed E-state index contributed by atoms with van der Waals surface area (Å²) in [7, 11) is 1.81. The van der Waals surface area contributed by atoms with E-state index in [0.717, 1.165) is 35.8 Å². The van der Waals surface area contributed by atoms with Gasteiger partial charge in [0.1, 0.15) is 5.82 Å². The Morgan fingerprint density at radius 1 is 1.50 bits per heavy atom. The van der Waals surface area contributed by atoms with E-state index in [9.17, 15) is 4.79 Å². The molecule has 0 spiro atoms. The Bertz CT molecular complexity index is 669. The van der Waals surface area contributed by atoms with E-state index in [1.54, 1.807) is 29.8 Å². The molecule has 1 saturated heterocycles. The number of carbonyl (C=O) groups is 1. The Balaban J connectivity index is 1.76. The normalized spacial score (nSPS) is 18.0. The highest BCUT2D eigenvalue weighted by Crippen LogP contribution is 2.31. The Hall–Kier alpha value is -2.21. The molecule has 1 aliphatic heterocycles. The lowest BCUT2D eigenvalue weighted by atomic mass is 10.1. The molecule has 1 fully saturated rings. The zero-order valence-corrected chi connectivity index (χ0v) is 13.2. The molecule has 114 valence electrons. The van der Waals surface area contributed by atoms with Gasteiger partial charge in [-0.15, -0.1) is 11.3 Å². The number of thiophene rings is 1. The highest BCUT2D eigenvalue weighted by molar-refractivity contribution is 7.10. The van der Waals surface area contributed by atoms with Crippen LogP contribution in [-0.2, 0) is 4.79 Å². The third-order valence-electron chi connectivity index (χ3n) is 3.72. The van der Waals surface area contributed by atoms with Gasteiger partial charge in [0.25, 0.3) is 0 Å². The summed E-state index contributed by atoms with van der Waals surface area (Å²) in [6.45, 7) is 0.768. The van der Waals surface area contributed by atoms with Gasteiger partial charge in [-0.2, -0.15) is 0 Å². The molecule has 5 nitrogen and oxygen atoms in total. The highest BCUT2D eigenvalue weighted by atomic mass is 32.1. The number of nitrogens with zero attached hydrogens (tertiary/aromatic N) is 3. The van der Waals surface area contributed by atoms with Gasteiger partial charge in [-0.25, -0.2) is 4.98 Å². The first-order valence-electron chi connectivity index (χ1n) is 7.30. The van der Waals surface area contributed by atoms with Crippen LogP contribution in [0.25, 0.3) is 6.08 Å². The summed E-state index contributed by atoms with van der Waals surface area (Å²) in [6.07, 6.45) is 8.88. The molecule has 22 heavy (non-hydrogen) atoms. The topological polar surface area (TPSA) is 58.1 Å². The second-order valence-electron chi connectivity index (χ2n) is 5.12. The Morgan fingerprint density at radius 3 is 3.18 bits per heavy atom. The van der Waals surface area contributed by atoms with Gasteiger partial charge in [-0.1, -0.05) is 6.07 Å². The Kier molecular flexibility index (Phi) is 4.48. The largest absolute Gasteiger partial charge is 0.372 e. The Labute approximate surface area is 133 Å². The van der Waals surface area contributed by atoms with Gasteiger partial charge in [0.15, 0.2) is 0 Å². The van der Waals surface area contributed by atoms with E-state index in [1.165, 1.54) is 0 Å². The molecule has 0 unspecified atom stereocenters. The molecule has 2 aromatic rings. The van der Waals surface area contributed by atoms with E-state index in [-0.39, 0.29) is 11.9 Å². The molecule has 0 radical (unpaired) electrons. The summed E-state index contributed by atoms with van der Waals surface area (Å²) in [5.74, 6) is 0.762. The number of amides is 1. The minimum Gasteiger partial charge on any atom is -0.372 e. The van der Waals surface area contributed by atoms with Crippen molar-refractivity contribution in [3.63, 3.8) is 0 Å². The van der Waals surface area contributed by atoms with Gasteiger partial charge >= 0.3 is 0 Å². The minimum absolute atomic E-state index is 0.0151. The van der Waals surface area contributed by atoms with Gasteiger partial charge in [0, 0.05) is 24.5 Å². The molecular weight excluding hydrogens is 296 g/mol. The van der Waals surface area contributed by atoms with E-state index in [0.29, 0.717) is 0 Å². The number of rotatable bonds is 4. The zero-order valence-electron chi connectivity index (χ0n) is 12.4. The maximum atomic E-state index is 12.5. The summed E-state index contributed by atoms with van der Waals surface area (Å²) < 4.78 is 0. The summed E-state index contributed by atoms with van der Waals surface area (Å²) >= 11 is 1.62. The van der Waals surface area contributed by atoms with Gasteiger partial charge in [0.05, 0.1) is 24.1 Å². The molecule has 1 aliphatic rings. The van der Waals surface area contributed by atoms with Gasteiger partial charge in [0.2, 0.25) is 5.91 Å². The fraction of sp³-hybridized carbons (Fsp3) is 0.312. The fourth-order valence-electron chi connectivity index (χ4n) is 2.64. The fourth-order valence-corrected chi connectivity index (χ4v) is 3.25. The van der Waals surface area contributed by atoms with Crippen molar-refractivity contribution in [1.29, 1.82) is 0 Å². The molecule has 1 amide bonds. The van der Waals surface area contributed by atoms with Crippen LogP contribution in [0.1, 0.15) is 29.5 Å². The lowest BCUT2D eigenvalue weighted by Gasteiger charge is -2.23. The van der Waals surface area contributed by atoms with Crippen LogP contribution in [0, 0.1) is 0 Å². The summed E-state index contributed by atoms with van der Waals surface area (Å²) in [5, 5.41) is 4.99. The predicted molar refractivity (Wildman–Crippen MR) is 88.6 cm³/mol. The molecule has 1 atom stereocenters. The van der Waals surface area contributed by atoms with E-state index in [4.69, 9.17) is 0 Å². The smallest absolute Gasteiger partial charge is 0.247 e. The number of nitrogens with one attached hydrogen (secondary N) is 1. The number of likely N-dealkylation sites (tertiary alicyclic amines) is 1. The van der Waals surface area contributed by atoms with Crippen LogP contribution in [0.2, 0.25) is 0 Å². The first-order valence-corrected chi connectivity index (χ1v) is 8.18. The zero-order chi connectivity index (χ0) is 15.4. The van der Waals surface area contributed by atoms with E-state index in [1.807, 2.05) is 35.5 Å². The van der Waals surface area contributed by atoms with Crippen molar-refractivity contribution in [2.75, 3.05) is 18.9 Å². The molecule has 3 rings (SSSR count). The molecule has 0 bridgehead atoms. The number of carbonyl (C=O) groups excluding carboxylic acids is 1. The lowest BCUT2D eigenvalue weighted by molar-refractivity contribution is -0.126. The monoisotopic (exact) mass is 314 g/mol. The summed E-state index contributed by atoms with van der Waals surface area (Å²) in [6, 6.07) is 3.99. The number of anilines is 1. The van der Waals surface area contributed by atoms with Crippen molar-refractivity contribution in [3.05, 3.63) is 46.6 Å². The maximum absolute atomic E-state index is 12.5. The lowest BCUT2D eigenvalue weighted by Crippen LogP contribution is -2.29. The first kappa shape index (κ1) is 14.7. The minimum atomic E-state index is 0.0151. The van der Waals surface area contributed by atoms with Gasteiger partial charge < -0.3 is 10.2 Å². The molecule has 6 heteroatoms. The second-order valence-corrected chi connectivity index (χ2v) is 6.10. The second kappa shape index (κ2) is 6.70. The molecule has 0 aliphatic carbocycles. The van der Waals surface area contributed by atoms with Crippen molar-refractivity contribution >= 4 is 29.1 Å². The van der Waals surface area contributed by atoms with Crippen molar-refractivity contribution in [1.82, 2.24) is 14.9 Å². The number of aromatic nitrogens is 2. The van der Waals surface area contributed by atoms with E-state index >= 15 is 0 Å². The average molecular weight is 314 g/mol. The molecule has 3 heterocycles. The standard InChI is InChI=1S/C16H18N4OS/c1-17-15-11-18-10-13(19-15)14-5-2-8-20(14)16(21)7-6-12-4-3-9-22-12/h3-4,6-7,9-11,14H,2,5,8H2,1H3,(H,17,19)/b7-6+/t14-/m0/s1. The third-order valence-corrected chi connectivity index (χ3v) is 4.56. The third kappa shape index (κ3) is 3.17. The van der Waals surface area contributed by atoms with Crippen LogP contribution >= 0.6 is 11.3 Å². The van der Waals surface area contributed by atoms with Crippen LogP contribution in [-0.4, -0.2) is 34.4 Å². The van der Waals surface area contributed by atoms with Crippen molar-refractivity contribution in [2.45, 2.75) is 18.9 Å². The summed E-state index contributed by atoms with van der Waals surface area (Å²) in [4.78, 5) is 24.2. The maximum Gasteiger partial charge on any atom is 0.247 e. The summed E-state index contributed by atoms with van der Waals surface area (Å²) in [5.41, 5.74) is 0.849. The van der Waals surface area contributed by atoms with E-state index < -0.39 is 0 Å². The number of hydrogen-bond donors (Lipinski definition) is 1. The van der Waals surface area contributed by atoms with Crippen LogP contribution < -0.4 is 5.32 Å². The van der Waals surface area contributed by atoms with Crippen LogP contribution in [0.3, 0.4) is 0 Å². The van der Waals surface area contributed by atoms with Crippen LogP contribution in [0.5, 0.6) is 0 Å². The van der Waals surface area contributed by atoms with Gasteiger partial charge in [-0.3, -0.25) is 9.78 Å². The molecular formula is C16H18N4OS. The van der Waals surface area contributed by atoms with Crippen LogP contribution in [0.4, 0.5) is 5.82 Å². The van der Waals surface area contributed by atoms with Gasteiger partial charge in [-0.05, 0) is 30.4 Å². The highest BCUT2D eigenvalue weighted by Gasteiger charge is 2.30. The quantitative estimate of drug-likeness (QED) is 0.882. The van der Waals surface area contributed by atoms with Crippen molar-refractivity contribution < 1.29 is 4.79 Å². The molecule has 0 aromatic carbocycles. The predicted octanol–water partition coefficient (Wildman–Crippen LogP) is 2.96. The van der Waals surface area contributed by atoms with Crippen molar-refractivity contribution in [2.24, 2.45) is 0 Å². The van der Waals surface area contributed by atoms with Crippen molar-refractivity contribution in [3.8, 4) is 0 Å². The Morgan fingerprint density at radius 2 is 2.41 bits per heavy atom.